The molecule has 5 nitrogen and oxygen atoms in total. The smallest absolute Gasteiger partial charge is 0.240 e. The second-order valence-electron chi connectivity index (χ2n) is 6.56. The third-order valence-corrected chi connectivity index (χ3v) is 4.53. The molecule has 0 unspecified atom stereocenters. The molecular formula is C21H24N2O3. The van der Waals surface area contributed by atoms with Gasteiger partial charge in [-0.1, -0.05) is 31.0 Å². The lowest BCUT2D eigenvalue weighted by molar-refractivity contribution is -0.123. The van der Waals surface area contributed by atoms with Crippen molar-refractivity contribution in [3.05, 3.63) is 54.6 Å². The van der Waals surface area contributed by atoms with Crippen LogP contribution in [0.25, 0.3) is 0 Å². The third kappa shape index (κ3) is 4.85. The van der Waals surface area contributed by atoms with Gasteiger partial charge in [-0.25, -0.2) is 0 Å². The molecule has 1 fully saturated rings. The third-order valence-electron chi connectivity index (χ3n) is 4.53. The highest BCUT2D eigenvalue weighted by atomic mass is 16.5. The van der Waals surface area contributed by atoms with Crippen molar-refractivity contribution in [2.24, 2.45) is 0 Å². The van der Waals surface area contributed by atoms with E-state index >= 15 is 0 Å². The van der Waals surface area contributed by atoms with Crippen LogP contribution in [-0.2, 0) is 9.59 Å². The van der Waals surface area contributed by atoms with Gasteiger partial charge in [0.1, 0.15) is 18.0 Å². The summed E-state index contributed by atoms with van der Waals surface area (Å²) in [5, 5.41) is 3.02. The molecule has 3 rings (SSSR count). The van der Waals surface area contributed by atoms with Crippen LogP contribution in [0.4, 0.5) is 5.69 Å². The lowest BCUT2D eigenvalue weighted by Gasteiger charge is -2.22. The molecule has 0 atom stereocenters. The Morgan fingerprint density at radius 3 is 2.23 bits per heavy atom. The summed E-state index contributed by atoms with van der Waals surface area (Å²) in [6.45, 7) is 1.50. The predicted octanol–water partition coefficient (Wildman–Crippen LogP) is 3.89. The summed E-state index contributed by atoms with van der Waals surface area (Å²) in [7, 11) is 0. The molecule has 2 aromatic carbocycles. The van der Waals surface area contributed by atoms with Crippen molar-refractivity contribution in [1.29, 1.82) is 0 Å². The molecular weight excluding hydrogens is 328 g/mol. The van der Waals surface area contributed by atoms with Crippen molar-refractivity contribution in [1.82, 2.24) is 5.32 Å². The molecule has 0 heterocycles. The summed E-state index contributed by atoms with van der Waals surface area (Å²) in [6.07, 6.45) is 4.36. The van der Waals surface area contributed by atoms with Gasteiger partial charge in [-0.05, 0) is 49.2 Å². The van der Waals surface area contributed by atoms with E-state index in [1.807, 2.05) is 30.3 Å². The van der Waals surface area contributed by atoms with Crippen LogP contribution in [0.1, 0.15) is 32.6 Å². The van der Waals surface area contributed by atoms with Crippen molar-refractivity contribution in [2.45, 2.75) is 38.6 Å². The molecule has 0 radical (unpaired) electrons. The van der Waals surface area contributed by atoms with E-state index in [0.717, 1.165) is 31.4 Å². The molecule has 26 heavy (non-hydrogen) atoms. The fraction of sp³-hybridized carbons (Fsp3) is 0.333. The molecule has 0 bridgehead atoms. The molecule has 0 spiro atoms. The lowest BCUT2D eigenvalue weighted by Crippen LogP contribution is -2.43. The number of para-hydroxylation sites is 1. The van der Waals surface area contributed by atoms with Gasteiger partial charge in [0.05, 0.1) is 0 Å². The van der Waals surface area contributed by atoms with Gasteiger partial charge in [-0.15, -0.1) is 0 Å². The topological polar surface area (TPSA) is 58.6 Å². The molecule has 1 aliphatic rings. The predicted molar refractivity (Wildman–Crippen MR) is 101 cm³/mol. The number of nitrogens with one attached hydrogen (secondary N) is 1. The van der Waals surface area contributed by atoms with Gasteiger partial charge in [-0.3, -0.25) is 9.59 Å². The number of rotatable bonds is 6. The fourth-order valence-electron chi connectivity index (χ4n) is 3.19. The number of nitrogens with zero attached hydrogens (tertiary/aromatic N) is 1. The molecule has 136 valence electrons. The molecule has 2 amide bonds. The zero-order valence-electron chi connectivity index (χ0n) is 15.0. The molecule has 0 aromatic heterocycles. The molecule has 0 aliphatic heterocycles. The van der Waals surface area contributed by atoms with Crippen molar-refractivity contribution >= 4 is 17.5 Å². The number of carbonyl (C=O) groups excluding carboxylic acids is 2. The zero-order chi connectivity index (χ0) is 18.4. The Hall–Kier alpha value is -2.82. The second kappa shape index (κ2) is 8.52. The molecule has 5 heteroatoms. The minimum atomic E-state index is -0.164. The highest BCUT2D eigenvalue weighted by Crippen LogP contribution is 2.24. The minimum Gasteiger partial charge on any atom is -0.457 e. The standard InChI is InChI=1S/C21H24N2O3/c1-16(24)23(15-21(25)22-17-7-5-6-8-17)18-11-13-20(14-12-18)26-19-9-3-2-4-10-19/h2-4,9-14,17H,5-8,15H2,1H3,(H,22,25). The lowest BCUT2D eigenvalue weighted by atomic mass is 10.2. The Labute approximate surface area is 154 Å². The Balaban J connectivity index is 1.63. The first-order valence-corrected chi connectivity index (χ1v) is 9.02. The second-order valence-corrected chi connectivity index (χ2v) is 6.56. The maximum absolute atomic E-state index is 12.3. The quantitative estimate of drug-likeness (QED) is 0.858. The SMILES string of the molecule is CC(=O)N(CC(=O)NC1CCCC1)c1ccc(Oc2ccccc2)cc1. The number of anilines is 1. The largest absolute Gasteiger partial charge is 0.457 e. The first-order chi connectivity index (χ1) is 12.6. The van der Waals surface area contributed by atoms with Crippen LogP contribution in [-0.4, -0.2) is 24.4 Å². The van der Waals surface area contributed by atoms with Crippen molar-refractivity contribution < 1.29 is 14.3 Å². The Bertz CT molecular complexity index is 738. The van der Waals surface area contributed by atoms with Gasteiger partial charge in [-0.2, -0.15) is 0 Å². The number of amides is 2. The van der Waals surface area contributed by atoms with Crippen LogP contribution in [0.2, 0.25) is 0 Å². The fourth-order valence-corrected chi connectivity index (χ4v) is 3.19. The van der Waals surface area contributed by atoms with Crippen molar-refractivity contribution in [2.75, 3.05) is 11.4 Å². The van der Waals surface area contributed by atoms with E-state index in [9.17, 15) is 9.59 Å². The molecule has 1 aliphatic carbocycles. The van der Waals surface area contributed by atoms with E-state index in [1.165, 1.54) is 11.8 Å². The van der Waals surface area contributed by atoms with Gasteiger partial charge in [0.15, 0.2) is 0 Å². The number of hydrogen-bond acceptors (Lipinski definition) is 3. The van der Waals surface area contributed by atoms with Crippen LogP contribution >= 0.6 is 0 Å². The number of hydrogen-bond donors (Lipinski definition) is 1. The summed E-state index contributed by atoms with van der Waals surface area (Å²) in [4.78, 5) is 25.8. The number of benzene rings is 2. The maximum atomic E-state index is 12.3. The van der Waals surface area contributed by atoms with Crippen LogP contribution in [0.5, 0.6) is 11.5 Å². The van der Waals surface area contributed by atoms with Crippen LogP contribution in [0.3, 0.4) is 0 Å². The molecule has 1 N–H and O–H groups in total. The van der Waals surface area contributed by atoms with Crippen LogP contribution < -0.4 is 15.0 Å². The van der Waals surface area contributed by atoms with E-state index in [-0.39, 0.29) is 24.4 Å². The van der Waals surface area contributed by atoms with E-state index in [2.05, 4.69) is 5.32 Å². The molecule has 1 saturated carbocycles. The molecule has 0 saturated heterocycles. The molecule has 2 aromatic rings. The van der Waals surface area contributed by atoms with E-state index in [1.54, 1.807) is 24.3 Å². The van der Waals surface area contributed by atoms with Gasteiger partial charge in [0.2, 0.25) is 11.8 Å². The minimum absolute atomic E-state index is 0.0325. The Morgan fingerprint density at radius 2 is 1.62 bits per heavy atom. The average molecular weight is 352 g/mol. The van der Waals surface area contributed by atoms with E-state index < -0.39 is 0 Å². The van der Waals surface area contributed by atoms with E-state index in [4.69, 9.17) is 4.74 Å². The number of carbonyl (C=O) groups is 2. The van der Waals surface area contributed by atoms with Gasteiger partial charge >= 0.3 is 0 Å². The Morgan fingerprint density at radius 1 is 1.00 bits per heavy atom. The summed E-state index contributed by atoms with van der Waals surface area (Å²) in [5.74, 6) is 1.15. The van der Waals surface area contributed by atoms with Crippen LogP contribution in [0, 0.1) is 0 Å². The monoisotopic (exact) mass is 352 g/mol. The van der Waals surface area contributed by atoms with Gasteiger partial charge in [0, 0.05) is 18.7 Å². The van der Waals surface area contributed by atoms with Crippen molar-refractivity contribution in [3.63, 3.8) is 0 Å². The maximum Gasteiger partial charge on any atom is 0.240 e. The average Bonchev–Trinajstić information content (AvgIpc) is 3.14. The zero-order valence-corrected chi connectivity index (χ0v) is 15.0. The first-order valence-electron chi connectivity index (χ1n) is 9.02. The summed E-state index contributed by atoms with van der Waals surface area (Å²) >= 11 is 0. The normalized spacial score (nSPS) is 14.0. The van der Waals surface area contributed by atoms with Gasteiger partial charge < -0.3 is 15.0 Å². The summed E-state index contributed by atoms with van der Waals surface area (Å²) in [5.41, 5.74) is 0.680. The van der Waals surface area contributed by atoms with Gasteiger partial charge in [0.25, 0.3) is 0 Å². The highest BCUT2D eigenvalue weighted by Gasteiger charge is 2.20. The first kappa shape index (κ1) is 18.0. The summed E-state index contributed by atoms with van der Waals surface area (Å²) < 4.78 is 5.76. The summed E-state index contributed by atoms with van der Waals surface area (Å²) in [6, 6.07) is 16.9. The van der Waals surface area contributed by atoms with Crippen molar-refractivity contribution in [3.8, 4) is 11.5 Å². The number of ether oxygens (including phenoxy) is 1. The Kier molecular flexibility index (Phi) is 5.89. The van der Waals surface area contributed by atoms with Crippen LogP contribution in [0.15, 0.2) is 54.6 Å². The van der Waals surface area contributed by atoms with E-state index in [0.29, 0.717) is 11.4 Å². The highest BCUT2D eigenvalue weighted by molar-refractivity contribution is 5.97.